The summed E-state index contributed by atoms with van der Waals surface area (Å²) in [5, 5.41) is 11.5. The molecule has 0 aliphatic carbocycles. The minimum absolute atomic E-state index is 0.0354. The zero-order valence-corrected chi connectivity index (χ0v) is 22.7. The predicted molar refractivity (Wildman–Crippen MR) is 150 cm³/mol. The summed E-state index contributed by atoms with van der Waals surface area (Å²) in [6.45, 7) is 6.07. The van der Waals surface area contributed by atoms with Gasteiger partial charge >= 0.3 is 0 Å². The number of hydrogen-bond acceptors (Lipinski definition) is 5. The van der Waals surface area contributed by atoms with Crippen LogP contribution in [-0.4, -0.2) is 11.5 Å². The third-order valence-electron chi connectivity index (χ3n) is 5.98. The summed E-state index contributed by atoms with van der Waals surface area (Å²) in [4.78, 5) is 12.9. The van der Waals surface area contributed by atoms with E-state index in [0.717, 1.165) is 16.1 Å². The molecule has 0 spiro atoms. The van der Waals surface area contributed by atoms with Gasteiger partial charge in [-0.2, -0.15) is 0 Å². The number of nitrogens with zero attached hydrogens (tertiary/aromatic N) is 2. The second-order valence-electron chi connectivity index (χ2n) is 8.71. The van der Waals surface area contributed by atoms with Crippen molar-refractivity contribution < 1.29 is 23.2 Å². The van der Waals surface area contributed by atoms with Gasteiger partial charge in [-0.05, 0) is 64.8 Å². The van der Waals surface area contributed by atoms with Crippen molar-refractivity contribution in [1.29, 1.82) is 0 Å². The Bertz CT molecular complexity index is 1500. The fourth-order valence-corrected chi connectivity index (χ4v) is 4.42. The number of ether oxygens (including phenoxy) is 2. The van der Waals surface area contributed by atoms with Gasteiger partial charge in [0.1, 0.15) is 35.5 Å². The van der Waals surface area contributed by atoms with Gasteiger partial charge in [0.15, 0.2) is 0 Å². The van der Waals surface area contributed by atoms with Crippen molar-refractivity contribution in [2.75, 3.05) is 11.5 Å². The predicted octanol–water partition coefficient (Wildman–Crippen LogP) is 8.51. The molecule has 4 rings (SSSR count). The standard InChI is InChI=1S/C30H25BrF2N2O4/c1-3-15-38-30-17-25(13-14-26(30)31)39-24-11-7-21(8-12-24)18-34(19-22-9-10-23(32)16-27(22)33)28-5-4-6-29(20(28)2)35(36)37/h3-14,16-17H,1,15,18-19H2,2H3. The molecule has 0 N–H and O–H groups in total. The van der Waals surface area contributed by atoms with Gasteiger partial charge in [-0.15, -0.1) is 0 Å². The van der Waals surface area contributed by atoms with Crippen molar-refractivity contribution in [2.24, 2.45) is 0 Å². The van der Waals surface area contributed by atoms with E-state index in [0.29, 0.717) is 41.7 Å². The molecular weight excluding hydrogens is 570 g/mol. The van der Waals surface area contributed by atoms with Gasteiger partial charge in [-0.1, -0.05) is 36.9 Å². The van der Waals surface area contributed by atoms with Crippen molar-refractivity contribution in [3.63, 3.8) is 0 Å². The van der Waals surface area contributed by atoms with Gasteiger partial charge in [-0.25, -0.2) is 8.78 Å². The molecule has 6 nitrogen and oxygen atoms in total. The maximum atomic E-state index is 14.5. The first-order valence-corrected chi connectivity index (χ1v) is 12.8. The minimum atomic E-state index is -0.683. The number of rotatable bonds is 11. The number of nitro benzene ring substituents is 1. The van der Waals surface area contributed by atoms with Crippen LogP contribution < -0.4 is 14.4 Å². The second-order valence-corrected chi connectivity index (χ2v) is 9.56. The highest BCUT2D eigenvalue weighted by atomic mass is 79.9. The SMILES string of the molecule is C=CCOc1cc(Oc2ccc(CN(Cc3ccc(F)cc3F)c3cccc([N+](=O)[O-])c3C)cc2)ccc1Br. The molecular formula is C30H25BrF2N2O4. The van der Waals surface area contributed by atoms with Crippen LogP contribution in [0.3, 0.4) is 0 Å². The number of benzene rings is 4. The van der Waals surface area contributed by atoms with E-state index in [1.165, 1.54) is 18.2 Å². The molecule has 0 aliphatic heterocycles. The molecule has 0 aliphatic rings. The van der Waals surface area contributed by atoms with Crippen LogP contribution in [0, 0.1) is 28.7 Å². The summed E-state index contributed by atoms with van der Waals surface area (Å²) in [7, 11) is 0. The van der Waals surface area contributed by atoms with Crippen molar-refractivity contribution in [2.45, 2.75) is 20.0 Å². The molecule has 4 aromatic rings. The van der Waals surface area contributed by atoms with E-state index in [2.05, 4.69) is 22.5 Å². The number of hydrogen-bond donors (Lipinski definition) is 0. The minimum Gasteiger partial charge on any atom is -0.488 e. The molecule has 4 aromatic carbocycles. The Balaban J connectivity index is 1.58. The van der Waals surface area contributed by atoms with Crippen LogP contribution in [-0.2, 0) is 13.1 Å². The average molecular weight is 595 g/mol. The summed E-state index contributed by atoms with van der Waals surface area (Å²) in [6.07, 6.45) is 1.65. The van der Waals surface area contributed by atoms with E-state index in [4.69, 9.17) is 9.47 Å². The van der Waals surface area contributed by atoms with Crippen LogP contribution in [0.2, 0.25) is 0 Å². The normalized spacial score (nSPS) is 10.7. The topological polar surface area (TPSA) is 64.8 Å². The summed E-state index contributed by atoms with van der Waals surface area (Å²) >= 11 is 3.45. The Morgan fingerprint density at radius 3 is 2.44 bits per heavy atom. The van der Waals surface area contributed by atoms with Gasteiger partial charge in [0.25, 0.3) is 5.69 Å². The van der Waals surface area contributed by atoms with Crippen LogP contribution in [0.25, 0.3) is 0 Å². The molecule has 0 amide bonds. The van der Waals surface area contributed by atoms with Crippen molar-refractivity contribution >= 4 is 27.3 Å². The maximum absolute atomic E-state index is 14.5. The lowest BCUT2D eigenvalue weighted by Gasteiger charge is -2.27. The van der Waals surface area contributed by atoms with Gasteiger partial charge < -0.3 is 14.4 Å². The molecule has 0 aromatic heterocycles. The highest BCUT2D eigenvalue weighted by Gasteiger charge is 2.20. The molecule has 39 heavy (non-hydrogen) atoms. The Hall–Kier alpha value is -4.24. The lowest BCUT2D eigenvalue weighted by atomic mass is 10.1. The Morgan fingerprint density at radius 2 is 1.74 bits per heavy atom. The van der Waals surface area contributed by atoms with Crippen LogP contribution in [0.15, 0.2) is 96.0 Å². The summed E-state index contributed by atoms with van der Waals surface area (Å²) in [5.41, 5.74) is 2.13. The third kappa shape index (κ3) is 7.00. The Kier molecular flexibility index (Phi) is 8.93. The number of halogens is 3. The fourth-order valence-electron chi connectivity index (χ4n) is 4.06. The highest BCUT2D eigenvalue weighted by molar-refractivity contribution is 9.10. The average Bonchev–Trinajstić information content (AvgIpc) is 2.91. The molecule has 0 atom stereocenters. The van der Waals surface area contributed by atoms with Crippen LogP contribution in [0.4, 0.5) is 20.2 Å². The van der Waals surface area contributed by atoms with E-state index in [1.807, 2.05) is 29.2 Å². The lowest BCUT2D eigenvalue weighted by Crippen LogP contribution is -2.24. The Morgan fingerprint density at radius 1 is 1.00 bits per heavy atom. The largest absolute Gasteiger partial charge is 0.488 e. The molecule has 0 radical (unpaired) electrons. The molecule has 0 bridgehead atoms. The van der Waals surface area contributed by atoms with E-state index in [9.17, 15) is 18.9 Å². The monoisotopic (exact) mass is 594 g/mol. The fraction of sp³-hybridized carbons (Fsp3) is 0.133. The summed E-state index contributed by atoms with van der Waals surface area (Å²) in [5.74, 6) is 0.455. The van der Waals surface area contributed by atoms with E-state index >= 15 is 0 Å². The highest BCUT2D eigenvalue weighted by Crippen LogP contribution is 2.33. The van der Waals surface area contributed by atoms with Crippen LogP contribution in [0.5, 0.6) is 17.2 Å². The number of anilines is 1. The molecule has 0 saturated heterocycles. The molecule has 0 unspecified atom stereocenters. The van der Waals surface area contributed by atoms with E-state index < -0.39 is 16.6 Å². The van der Waals surface area contributed by atoms with Gasteiger partial charge in [0, 0.05) is 42.5 Å². The summed E-state index contributed by atoms with van der Waals surface area (Å²) in [6, 6.07) is 20.9. The van der Waals surface area contributed by atoms with Crippen molar-refractivity contribution in [3.05, 3.63) is 134 Å². The first kappa shape index (κ1) is 27.8. The molecule has 200 valence electrons. The van der Waals surface area contributed by atoms with Crippen LogP contribution in [0.1, 0.15) is 16.7 Å². The van der Waals surface area contributed by atoms with E-state index in [-0.39, 0.29) is 17.8 Å². The molecule has 0 fully saturated rings. The molecule has 0 heterocycles. The number of nitro groups is 1. The molecule has 0 saturated carbocycles. The third-order valence-corrected chi connectivity index (χ3v) is 6.64. The van der Waals surface area contributed by atoms with Crippen LogP contribution >= 0.6 is 15.9 Å². The zero-order chi connectivity index (χ0) is 27.9. The lowest BCUT2D eigenvalue weighted by molar-refractivity contribution is -0.385. The zero-order valence-electron chi connectivity index (χ0n) is 21.1. The van der Waals surface area contributed by atoms with Gasteiger partial charge in [-0.3, -0.25) is 10.1 Å². The molecule has 9 heteroatoms. The smallest absolute Gasteiger partial charge is 0.274 e. The first-order chi connectivity index (χ1) is 18.7. The van der Waals surface area contributed by atoms with Crippen molar-refractivity contribution in [3.8, 4) is 17.2 Å². The first-order valence-electron chi connectivity index (χ1n) is 12.0. The summed E-state index contributed by atoms with van der Waals surface area (Å²) < 4.78 is 40.4. The quantitative estimate of drug-likeness (QED) is 0.0989. The van der Waals surface area contributed by atoms with Gasteiger partial charge in [0.2, 0.25) is 0 Å². The van der Waals surface area contributed by atoms with Gasteiger partial charge in [0.05, 0.1) is 15.0 Å². The van der Waals surface area contributed by atoms with E-state index in [1.54, 1.807) is 43.3 Å². The maximum Gasteiger partial charge on any atom is 0.274 e. The second kappa shape index (κ2) is 12.5. The Labute approximate surface area is 233 Å². The van der Waals surface area contributed by atoms with Crippen molar-refractivity contribution in [1.82, 2.24) is 0 Å².